The minimum absolute atomic E-state index is 0.105. The fraction of sp³-hybridized carbons (Fsp3) is 0.250. The van der Waals surface area contributed by atoms with Crippen LogP contribution in [0.2, 0.25) is 5.02 Å². The van der Waals surface area contributed by atoms with Crippen LogP contribution in [0.25, 0.3) is 0 Å². The Kier molecular flexibility index (Phi) is 2.65. The summed E-state index contributed by atoms with van der Waals surface area (Å²) >= 11 is 5.54. The summed E-state index contributed by atoms with van der Waals surface area (Å²) in [6, 6.07) is 1.40. The van der Waals surface area contributed by atoms with Crippen LogP contribution in [0.1, 0.15) is 18.5 Å². The van der Waals surface area contributed by atoms with E-state index in [1.54, 1.807) is 6.92 Å². The third kappa shape index (κ3) is 1.73. The summed E-state index contributed by atoms with van der Waals surface area (Å²) in [6.07, 6.45) is 0. The second-order valence-electron chi connectivity index (χ2n) is 2.58. The standard InChI is InChI=1S/C8H8ClF2N/c1-4(12)6-2-5(10)3-7(11)8(6)9/h2-4H,12H2,1H3. The SMILES string of the molecule is CC(N)c1cc(F)cc(F)c1Cl. The Labute approximate surface area is 74.1 Å². The fourth-order valence-electron chi connectivity index (χ4n) is 0.907. The van der Waals surface area contributed by atoms with Gasteiger partial charge in [0.2, 0.25) is 0 Å². The zero-order valence-electron chi connectivity index (χ0n) is 6.44. The molecule has 12 heavy (non-hydrogen) atoms. The number of nitrogens with two attached hydrogens (primary N) is 1. The molecule has 1 unspecified atom stereocenters. The molecule has 1 nitrogen and oxygen atoms in total. The van der Waals surface area contributed by atoms with Crippen molar-refractivity contribution in [2.45, 2.75) is 13.0 Å². The van der Waals surface area contributed by atoms with Crippen molar-refractivity contribution in [2.75, 3.05) is 0 Å². The van der Waals surface area contributed by atoms with Crippen LogP contribution in [0, 0.1) is 11.6 Å². The van der Waals surface area contributed by atoms with Gasteiger partial charge in [-0.3, -0.25) is 0 Å². The van der Waals surface area contributed by atoms with E-state index in [1.807, 2.05) is 0 Å². The van der Waals surface area contributed by atoms with Crippen molar-refractivity contribution in [3.8, 4) is 0 Å². The van der Waals surface area contributed by atoms with Crippen molar-refractivity contribution in [3.05, 3.63) is 34.4 Å². The van der Waals surface area contributed by atoms with E-state index in [0.717, 1.165) is 12.1 Å². The summed E-state index contributed by atoms with van der Waals surface area (Å²) in [4.78, 5) is 0. The van der Waals surface area contributed by atoms with Crippen LogP contribution in [-0.4, -0.2) is 0 Å². The van der Waals surface area contributed by atoms with Crippen LogP contribution >= 0.6 is 11.6 Å². The number of hydrogen-bond acceptors (Lipinski definition) is 1. The Hall–Kier alpha value is -0.670. The van der Waals surface area contributed by atoms with Gasteiger partial charge >= 0.3 is 0 Å². The summed E-state index contributed by atoms with van der Waals surface area (Å²) in [5, 5.41) is -0.105. The van der Waals surface area contributed by atoms with Crippen molar-refractivity contribution in [2.24, 2.45) is 5.73 Å². The number of benzene rings is 1. The lowest BCUT2D eigenvalue weighted by Crippen LogP contribution is -2.07. The van der Waals surface area contributed by atoms with Crippen LogP contribution in [0.3, 0.4) is 0 Å². The average Bonchev–Trinajstić information content (AvgIpc) is 1.96. The van der Waals surface area contributed by atoms with Crippen molar-refractivity contribution in [1.82, 2.24) is 0 Å². The molecule has 0 aliphatic rings. The topological polar surface area (TPSA) is 26.0 Å². The molecule has 66 valence electrons. The van der Waals surface area contributed by atoms with E-state index < -0.39 is 17.7 Å². The second kappa shape index (κ2) is 3.37. The first kappa shape index (κ1) is 9.42. The zero-order valence-corrected chi connectivity index (χ0v) is 7.20. The molecular weight excluding hydrogens is 184 g/mol. The maximum atomic E-state index is 12.8. The Bertz CT molecular complexity index is 299. The molecule has 0 spiro atoms. The van der Waals surface area contributed by atoms with Gasteiger partial charge in [0.05, 0.1) is 5.02 Å². The minimum atomic E-state index is -0.774. The number of halogens is 3. The quantitative estimate of drug-likeness (QED) is 0.679. The summed E-state index contributed by atoms with van der Waals surface area (Å²) < 4.78 is 25.4. The second-order valence-corrected chi connectivity index (χ2v) is 2.96. The molecule has 0 aromatic heterocycles. The van der Waals surface area contributed by atoms with Crippen LogP contribution in [0.4, 0.5) is 8.78 Å². The minimum Gasteiger partial charge on any atom is -0.324 e. The predicted octanol–water partition coefficient (Wildman–Crippen LogP) is 2.64. The Morgan fingerprint density at radius 1 is 1.42 bits per heavy atom. The number of hydrogen-bond donors (Lipinski definition) is 1. The molecule has 0 fully saturated rings. The third-order valence-corrected chi connectivity index (χ3v) is 1.91. The summed E-state index contributed by atoms with van der Waals surface area (Å²) in [7, 11) is 0. The monoisotopic (exact) mass is 191 g/mol. The molecule has 0 saturated carbocycles. The van der Waals surface area contributed by atoms with Crippen molar-refractivity contribution < 1.29 is 8.78 Å². The van der Waals surface area contributed by atoms with E-state index in [2.05, 4.69) is 0 Å². The van der Waals surface area contributed by atoms with Crippen molar-refractivity contribution in [1.29, 1.82) is 0 Å². The van der Waals surface area contributed by atoms with Crippen molar-refractivity contribution >= 4 is 11.6 Å². The Morgan fingerprint density at radius 2 is 2.00 bits per heavy atom. The maximum Gasteiger partial charge on any atom is 0.145 e. The molecular formula is C8H8ClF2N. The molecule has 1 rings (SSSR count). The molecule has 1 atom stereocenters. The van der Waals surface area contributed by atoms with Gasteiger partial charge in [-0.05, 0) is 18.6 Å². The zero-order chi connectivity index (χ0) is 9.30. The highest BCUT2D eigenvalue weighted by Crippen LogP contribution is 2.25. The molecule has 0 aliphatic heterocycles. The third-order valence-electron chi connectivity index (χ3n) is 1.51. The summed E-state index contributed by atoms with van der Waals surface area (Å²) in [5.41, 5.74) is 5.72. The van der Waals surface area contributed by atoms with Gasteiger partial charge in [-0.2, -0.15) is 0 Å². The molecule has 0 radical (unpaired) electrons. The summed E-state index contributed by atoms with van der Waals surface area (Å²) in [5.74, 6) is -1.44. The fourth-order valence-corrected chi connectivity index (χ4v) is 1.19. The molecule has 4 heteroatoms. The van der Waals surface area contributed by atoms with Gasteiger partial charge in [-0.1, -0.05) is 11.6 Å². The average molecular weight is 192 g/mol. The van der Waals surface area contributed by atoms with Gasteiger partial charge in [0.15, 0.2) is 0 Å². The van der Waals surface area contributed by atoms with Gasteiger partial charge in [-0.15, -0.1) is 0 Å². The maximum absolute atomic E-state index is 12.8. The van der Waals surface area contributed by atoms with Crippen LogP contribution in [0.5, 0.6) is 0 Å². The van der Waals surface area contributed by atoms with E-state index in [-0.39, 0.29) is 10.6 Å². The predicted molar refractivity (Wildman–Crippen MR) is 44.0 cm³/mol. The molecule has 1 aromatic carbocycles. The molecule has 0 heterocycles. The highest BCUT2D eigenvalue weighted by atomic mass is 35.5. The smallest absolute Gasteiger partial charge is 0.145 e. The lowest BCUT2D eigenvalue weighted by molar-refractivity contribution is 0.576. The lowest BCUT2D eigenvalue weighted by atomic mass is 10.1. The first-order valence-electron chi connectivity index (χ1n) is 3.42. The van der Waals surface area contributed by atoms with E-state index in [4.69, 9.17) is 17.3 Å². The number of rotatable bonds is 1. The lowest BCUT2D eigenvalue weighted by Gasteiger charge is -2.08. The first-order chi connectivity index (χ1) is 5.52. The van der Waals surface area contributed by atoms with Gasteiger partial charge in [0.25, 0.3) is 0 Å². The largest absolute Gasteiger partial charge is 0.324 e. The molecule has 0 aliphatic carbocycles. The van der Waals surface area contributed by atoms with Gasteiger partial charge in [0, 0.05) is 12.1 Å². The van der Waals surface area contributed by atoms with E-state index >= 15 is 0 Å². The summed E-state index contributed by atoms with van der Waals surface area (Å²) in [6.45, 7) is 1.61. The van der Waals surface area contributed by atoms with Gasteiger partial charge in [0.1, 0.15) is 11.6 Å². The Balaban J connectivity index is 3.28. The van der Waals surface area contributed by atoms with E-state index in [0.29, 0.717) is 0 Å². The Morgan fingerprint density at radius 3 is 2.50 bits per heavy atom. The van der Waals surface area contributed by atoms with Gasteiger partial charge < -0.3 is 5.73 Å². The molecule has 0 saturated heterocycles. The molecule has 0 amide bonds. The van der Waals surface area contributed by atoms with Crippen LogP contribution < -0.4 is 5.73 Å². The molecule has 0 bridgehead atoms. The van der Waals surface area contributed by atoms with Crippen molar-refractivity contribution in [3.63, 3.8) is 0 Å². The van der Waals surface area contributed by atoms with E-state index in [1.165, 1.54) is 0 Å². The molecule has 1 aromatic rings. The van der Waals surface area contributed by atoms with Gasteiger partial charge in [-0.25, -0.2) is 8.78 Å². The highest BCUT2D eigenvalue weighted by molar-refractivity contribution is 6.31. The molecule has 2 N–H and O–H groups in total. The van der Waals surface area contributed by atoms with E-state index in [9.17, 15) is 8.78 Å². The highest BCUT2D eigenvalue weighted by Gasteiger charge is 2.11. The normalized spacial score (nSPS) is 13.1. The first-order valence-corrected chi connectivity index (χ1v) is 3.80. The van der Waals surface area contributed by atoms with Crippen LogP contribution in [-0.2, 0) is 0 Å². The van der Waals surface area contributed by atoms with Crippen LogP contribution in [0.15, 0.2) is 12.1 Å².